The molecule has 9 heteroatoms. The van der Waals surface area contributed by atoms with Gasteiger partial charge in [-0.3, -0.25) is 9.59 Å². The zero-order valence-electron chi connectivity index (χ0n) is 18.5. The molecule has 2 heterocycles. The largest absolute Gasteiger partial charge is 0.478 e. The van der Waals surface area contributed by atoms with Crippen LogP contribution in [0.5, 0.6) is 11.5 Å². The molecule has 0 aliphatic heterocycles. The van der Waals surface area contributed by atoms with Crippen molar-refractivity contribution in [1.29, 1.82) is 0 Å². The van der Waals surface area contributed by atoms with E-state index in [2.05, 4.69) is 21.5 Å². The van der Waals surface area contributed by atoms with Gasteiger partial charge in [-0.25, -0.2) is 14.5 Å². The van der Waals surface area contributed by atoms with Gasteiger partial charge >= 0.3 is 5.97 Å². The van der Waals surface area contributed by atoms with Gasteiger partial charge in [-0.05, 0) is 55.9 Å². The van der Waals surface area contributed by atoms with Crippen molar-refractivity contribution in [3.63, 3.8) is 0 Å². The van der Waals surface area contributed by atoms with Crippen molar-refractivity contribution >= 4 is 17.7 Å². The van der Waals surface area contributed by atoms with Gasteiger partial charge in [0, 0.05) is 12.3 Å². The predicted molar refractivity (Wildman–Crippen MR) is 125 cm³/mol. The van der Waals surface area contributed by atoms with Crippen LogP contribution < -0.4 is 15.6 Å². The summed E-state index contributed by atoms with van der Waals surface area (Å²) in [5.41, 5.74) is 0.452. The quantitative estimate of drug-likeness (QED) is 0.488. The number of hydrogen-bond donors (Lipinski definition) is 2. The standard InChI is InChI=1S/C25H24N4O5/c1-16-6-2-5-9-21(16)34-19-13-23(30)29(27-15-19)20(12-17-7-3-4-8-17)24(31)28-22-11-10-18(14-26-22)25(32)33/h2-3,5-7,9-11,13-15,17,20H,4,8,12H2,1H3,(H,32,33)(H,26,28,31). The van der Waals surface area contributed by atoms with Crippen LogP contribution in [0, 0.1) is 12.8 Å². The minimum atomic E-state index is -1.11. The molecule has 0 saturated carbocycles. The van der Waals surface area contributed by atoms with Crippen LogP contribution in [0.2, 0.25) is 0 Å². The molecule has 3 aromatic rings. The number of aromatic nitrogens is 3. The van der Waals surface area contributed by atoms with Crippen molar-refractivity contribution < 1.29 is 19.4 Å². The van der Waals surface area contributed by atoms with E-state index in [4.69, 9.17) is 9.84 Å². The van der Waals surface area contributed by atoms with E-state index in [9.17, 15) is 14.4 Å². The number of allylic oxidation sites excluding steroid dienone is 2. The molecular formula is C25H24N4O5. The highest BCUT2D eigenvalue weighted by Crippen LogP contribution is 2.28. The Kier molecular flexibility index (Phi) is 6.82. The lowest BCUT2D eigenvalue weighted by atomic mass is 9.99. The van der Waals surface area contributed by atoms with Crippen LogP contribution >= 0.6 is 0 Å². The third-order valence-electron chi connectivity index (χ3n) is 5.62. The second-order valence-electron chi connectivity index (χ2n) is 8.09. The molecule has 0 saturated heterocycles. The van der Waals surface area contributed by atoms with Gasteiger partial charge in [-0.1, -0.05) is 30.4 Å². The van der Waals surface area contributed by atoms with Crippen LogP contribution in [0.15, 0.2) is 71.8 Å². The van der Waals surface area contributed by atoms with Gasteiger partial charge in [-0.15, -0.1) is 0 Å². The summed E-state index contributed by atoms with van der Waals surface area (Å²) in [6.45, 7) is 1.90. The third-order valence-corrected chi connectivity index (χ3v) is 5.62. The molecule has 2 unspecified atom stereocenters. The lowest BCUT2D eigenvalue weighted by molar-refractivity contribution is -0.120. The zero-order valence-corrected chi connectivity index (χ0v) is 18.5. The van der Waals surface area contributed by atoms with Gasteiger partial charge in [0.25, 0.3) is 11.5 Å². The summed E-state index contributed by atoms with van der Waals surface area (Å²) in [6.07, 6.45) is 8.87. The molecule has 2 aromatic heterocycles. The number of aryl methyl sites for hydroxylation is 1. The fraction of sp³-hybridized carbons (Fsp3) is 0.240. The van der Waals surface area contributed by atoms with E-state index in [-0.39, 0.29) is 23.0 Å². The van der Waals surface area contributed by atoms with Crippen molar-refractivity contribution in [3.05, 3.63) is 88.5 Å². The van der Waals surface area contributed by atoms with Gasteiger partial charge in [-0.2, -0.15) is 5.10 Å². The summed E-state index contributed by atoms with van der Waals surface area (Å²) in [6, 6.07) is 10.6. The van der Waals surface area contributed by atoms with E-state index in [1.807, 2.05) is 31.2 Å². The first-order valence-corrected chi connectivity index (χ1v) is 10.9. The number of carboxylic acid groups (broad SMARTS) is 1. The van der Waals surface area contributed by atoms with E-state index >= 15 is 0 Å². The van der Waals surface area contributed by atoms with Crippen LogP contribution in [-0.4, -0.2) is 31.7 Å². The van der Waals surface area contributed by atoms with Crippen molar-refractivity contribution in [2.45, 2.75) is 32.2 Å². The van der Waals surface area contributed by atoms with Crippen LogP contribution in [-0.2, 0) is 4.79 Å². The molecule has 2 N–H and O–H groups in total. The van der Waals surface area contributed by atoms with Crippen molar-refractivity contribution in [1.82, 2.24) is 14.8 Å². The number of nitrogens with zero attached hydrogens (tertiary/aromatic N) is 3. The number of ether oxygens (including phenoxy) is 1. The number of hydrogen-bond acceptors (Lipinski definition) is 6. The smallest absolute Gasteiger partial charge is 0.337 e. The number of aromatic carboxylic acids is 1. The molecule has 34 heavy (non-hydrogen) atoms. The van der Waals surface area contributed by atoms with Gasteiger partial charge < -0.3 is 15.2 Å². The van der Waals surface area contributed by atoms with Gasteiger partial charge in [0.2, 0.25) is 0 Å². The number of nitrogens with one attached hydrogen (secondary N) is 1. The Balaban J connectivity index is 1.57. The van der Waals surface area contributed by atoms with E-state index in [1.165, 1.54) is 24.4 Å². The molecule has 0 spiro atoms. The Hall–Kier alpha value is -4.27. The molecule has 0 radical (unpaired) electrons. The van der Waals surface area contributed by atoms with Crippen LogP contribution in [0.25, 0.3) is 0 Å². The Labute approximate surface area is 195 Å². The van der Waals surface area contributed by atoms with E-state index in [1.54, 1.807) is 6.07 Å². The Bertz CT molecular complexity index is 1280. The fourth-order valence-electron chi connectivity index (χ4n) is 3.79. The van der Waals surface area contributed by atoms with Crippen LogP contribution in [0.3, 0.4) is 0 Å². The number of carboxylic acids is 1. The molecule has 0 fully saturated rings. The number of amides is 1. The van der Waals surface area contributed by atoms with Crippen molar-refractivity contribution in [3.8, 4) is 11.5 Å². The molecule has 1 aliphatic rings. The van der Waals surface area contributed by atoms with Crippen molar-refractivity contribution in [2.75, 3.05) is 5.32 Å². The second-order valence-corrected chi connectivity index (χ2v) is 8.09. The molecule has 174 valence electrons. The van der Waals surface area contributed by atoms with Gasteiger partial charge in [0.05, 0.1) is 11.8 Å². The first-order chi connectivity index (χ1) is 16.4. The maximum Gasteiger partial charge on any atom is 0.337 e. The average molecular weight is 460 g/mol. The third kappa shape index (κ3) is 5.37. The predicted octanol–water partition coefficient (Wildman–Crippen LogP) is 3.97. The first-order valence-electron chi connectivity index (χ1n) is 10.9. The molecule has 2 atom stereocenters. The number of para-hydroxylation sites is 1. The van der Waals surface area contributed by atoms with Crippen LogP contribution in [0.4, 0.5) is 5.82 Å². The number of carbonyl (C=O) groups is 2. The second kappa shape index (κ2) is 10.1. The summed E-state index contributed by atoms with van der Waals surface area (Å²) in [5, 5.41) is 15.9. The highest BCUT2D eigenvalue weighted by atomic mass is 16.5. The maximum absolute atomic E-state index is 13.2. The van der Waals surface area contributed by atoms with Crippen LogP contribution in [0.1, 0.15) is 41.2 Å². The van der Waals surface area contributed by atoms with E-state index in [0.29, 0.717) is 12.2 Å². The monoisotopic (exact) mass is 460 g/mol. The molecule has 9 nitrogen and oxygen atoms in total. The molecule has 4 rings (SSSR count). The lowest BCUT2D eigenvalue weighted by Crippen LogP contribution is -2.35. The Morgan fingerprint density at radius 1 is 1.24 bits per heavy atom. The zero-order chi connectivity index (χ0) is 24.1. The molecule has 1 amide bonds. The molecular weight excluding hydrogens is 436 g/mol. The van der Waals surface area contributed by atoms with E-state index in [0.717, 1.165) is 29.3 Å². The number of benzene rings is 1. The fourth-order valence-corrected chi connectivity index (χ4v) is 3.79. The molecule has 0 bridgehead atoms. The maximum atomic E-state index is 13.2. The minimum absolute atomic E-state index is 0.00719. The first kappa shape index (κ1) is 22.9. The van der Waals surface area contributed by atoms with E-state index < -0.39 is 23.5 Å². The highest BCUT2D eigenvalue weighted by molar-refractivity contribution is 5.93. The number of rotatable bonds is 8. The molecule has 1 aromatic carbocycles. The number of pyridine rings is 1. The normalized spacial score (nSPS) is 15.6. The molecule has 1 aliphatic carbocycles. The highest BCUT2D eigenvalue weighted by Gasteiger charge is 2.27. The van der Waals surface area contributed by atoms with Gasteiger partial charge in [0.1, 0.15) is 17.6 Å². The topological polar surface area (TPSA) is 123 Å². The summed E-state index contributed by atoms with van der Waals surface area (Å²) < 4.78 is 6.95. The van der Waals surface area contributed by atoms with Crippen molar-refractivity contribution in [2.24, 2.45) is 5.92 Å². The minimum Gasteiger partial charge on any atom is -0.478 e. The SMILES string of the molecule is Cc1ccccc1Oc1cnn(C(CC2C=CCC2)C(=O)Nc2ccc(C(=O)O)cn2)c(=O)c1. The summed E-state index contributed by atoms with van der Waals surface area (Å²) in [4.78, 5) is 41.1. The van der Waals surface area contributed by atoms with Gasteiger partial charge in [0.15, 0.2) is 5.75 Å². The summed E-state index contributed by atoms with van der Waals surface area (Å²) in [5.74, 6) is -0.355. The summed E-state index contributed by atoms with van der Waals surface area (Å²) in [7, 11) is 0. The summed E-state index contributed by atoms with van der Waals surface area (Å²) >= 11 is 0. The lowest BCUT2D eigenvalue weighted by Gasteiger charge is -2.21. The Morgan fingerprint density at radius 3 is 2.71 bits per heavy atom. The number of anilines is 1. The number of carbonyl (C=O) groups excluding carboxylic acids is 1. The average Bonchev–Trinajstić information content (AvgIpc) is 3.33. The Morgan fingerprint density at radius 2 is 2.06 bits per heavy atom.